The maximum absolute atomic E-state index is 5.31. The van der Waals surface area contributed by atoms with Gasteiger partial charge in [-0.1, -0.05) is 20.8 Å². The summed E-state index contributed by atoms with van der Waals surface area (Å²) in [7, 11) is 0. The van der Waals surface area contributed by atoms with Gasteiger partial charge in [-0.05, 0) is 6.42 Å². The van der Waals surface area contributed by atoms with E-state index >= 15 is 0 Å². The zero-order chi connectivity index (χ0) is 12.0. The van der Waals surface area contributed by atoms with Gasteiger partial charge in [0.05, 0.1) is 10.7 Å². The predicted molar refractivity (Wildman–Crippen MR) is 70.6 cm³/mol. The third-order valence-corrected chi connectivity index (χ3v) is 3.69. The van der Waals surface area contributed by atoms with Gasteiger partial charge in [-0.2, -0.15) is 0 Å². The van der Waals surface area contributed by atoms with E-state index in [0.29, 0.717) is 12.0 Å². The van der Waals surface area contributed by atoms with Gasteiger partial charge in [0.2, 0.25) is 0 Å². The smallest absolute Gasteiger partial charge is 0.0954 e. The Hall–Kier alpha value is -0.850. The fourth-order valence-corrected chi connectivity index (χ4v) is 2.26. The second kappa shape index (κ2) is 6.67. The van der Waals surface area contributed by atoms with Gasteiger partial charge in [0, 0.05) is 30.3 Å². The molecule has 1 N–H and O–H groups in total. The minimum Gasteiger partial charge on any atom is -0.307 e. The van der Waals surface area contributed by atoms with Crippen molar-refractivity contribution in [1.82, 2.24) is 10.3 Å². The summed E-state index contributed by atoms with van der Waals surface area (Å²) in [4.78, 5) is 4.58. The summed E-state index contributed by atoms with van der Waals surface area (Å²) in [6.07, 6.45) is 7.16. The van der Waals surface area contributed by atoms with Crippen molar-refractivity contribution in [2.75, 3.05) is 0 Å². The van der Waals surface area contributed by atoms with Crippen molar-refractivity contribution in [3.8, 4) is 12.3 Å². The maximum atomic E-state index is 5.31. The quantitative estimate of drug-likeness (QED) is 0.767. The van der Waals surface area contributed by atoms with Crippen LogP contribution in [0.15, 0.2) is 5.38 Å². The van der Waals surface area contributed by atoms with Gasteiger partial charge in [-0.3, -0.25) is 0 Å². The van der Waals surface area contributed by atoms with Crippen molar-refractivity contribution < 1.29 is 0 Å². The number of aromatic nitrogens is 1. The molecule has 0 saturated heterocycles. The van der Waals surface area contributed by atoms with Crippen LogP contribution >= 0.6 is 11.3 Å². The lowest BCUT2D eigenvalue weighted by Crippen LogP contribution is -2.27. The van der Waals surface area contributed by atoms with Crippen LogP contribution < -0.4 is 5.32 Å². The molecule has 88 valence electrons. The van der Waals surface area contributed by atoms with Crippen molar-refractivity contribution in [2.24, 2.45) is 0 Å². The molecule has 0 aliphatic rings. The van der Waals surface area contributed by atoms with Crippen molar-refractivity contribution in [1.29, 1.82) is 0 Å². The van der Waals surface area contributed by atoms with Crippen molar-refractivity contribution in [3.05, 3.63) is 16.1 Å². The Labute approximate surface area is 102 Å². The summed E-state index contributed by atoms with van der Waals surface area (Å²) in [6, 6.07) is 0.411. The molecule has 0 spiro atoms. The van der Waals surface area contributed by atoms with E-state index in [-0.39, 0.29) is 0 Å². The topological polar surface area (TPSA) is 24.9 Å². The average Bonchev–Trinajstić information content (AvgIpc) is 2.73. The van der Waals surface area contributed by atoms with Crippen LogP contribution in [-0.2, 0) is 6.54 Å². The number of nitrogens with one attached hydrogen (secondary N) is 1. The minimum atomic E-state index is 0.411. The lowest BCUT2D eigenvalue weighted by atomic mass is 10.1. The van der Waals surface area contributed by atoms with Crippen LogP contribution in [-0.4, -0.2) is 11.0 Å². The van der Waals surface area contributed by atoms with Gasteiger partial charge in [0.25, 0.3) is 0 Å². The molecular formula is C13H20N2S. The molecule has 2 nitrogen and oxygen atoms in total. The molecule has 0 fully saturated rings. The van der Waals surface area contributed by atoms with Gasteiger partial charge in [-0.15, -0.1) is 23.7 Å². The molecule has 1 heterocycles. The zero-order valence-electron chi connectivity index (χ0n) is 10.3. The first kappa shape index (κ1) is 13.2. The first-order valence-electron chi connectivity index (χ1n) is 5.78. The fourth-order valence-electron chi connectivity index (χ4n) is 1.42. The Morgan fingerprint density at radius 1 is 1.56 bits per heavy atom. The second-order valence-corrected chi connectivity index (χ2v) is 5.12. The zero-order valence-corrected chi connectivity index (χ0v) is 11.1. The molecule has 0 bridgehead atoms. The average molecular weight is 236 g/mol. The third-order valence-electron chi connectivity index (χ3n) is 2.49. The van der Waals surface area contributed by atoms with E-state index in [1.807, 2.05) is 0 Å². The van der Waals surface area contributed by atoms with Gasteiger partial charge in [-0.25, -0.2) is 4.98 Å². The molecular weight excluding hydrogens is 216 g/mol. The Morgan fingerprint density at radius 2 is 2.31 bits per heavy atom. The Bertz CT molecular complexity index is 349. The molecule has 0 aromatic carbocycles. The van der Waals surface area contributed by atoms with Gasteiger partial charge >= 0.3 is 0 Å². The van der Waals surface area contributed by atoms with E-state index < -0.39 is 0 Å². The molecule has 3 heteroatoms. The fraction of sp³-hybridized carbons (Fsp3) is 0.615. The lowest BCUT2D eigenvalue weighted by molar-refractivity contribution is 0.503. The normalized spacial score (nSPS) is 12.7. The summed E-state index contributed by atoms with van der Waals surface area (Å²) in [6.45, 7) is 7.31. The van der Waals surface area contributed by atoms with E-state index in [2.05, 4.69) is 42.4 Å². The molecule has 1 aromatic heterocycles. The second-order valence-electron chi connectivity index (χ2n) is 4.23. The van der Waals surface area contributed by atoms with Gasteiger partial charge < -0.3 is 5.32 Å². The number of rotatable bonds is 6. The van der Waals surface area contributed by atoms with Crippen LogP contribution in [0.25, 0.3) is 0 Å². The SMILES string of the molecule is C#CCC(CC)NCc1csc(C(C)C)n1. The molecule has 0 saturated carbocycles. The van der Waals surface area contributed by atoms with Crippen LogP contribution in [0.2, 0.25) is 0 Å². The summed E-state index contributed by atoms with van der Waals surface area (Å²) < 4.78 is 0. The van der Waals surface area contributed by atoms with Crippen molar-refractivity contribution in [3.63, 3.8) is 0 Å². The van der Waals surface area contributed by atoms with E-state index in [1.165, 1.54) is 5.01 Å². The van der Waals surface area contributed by atoms with E-state index in [9.17, 15) is 0 Å². The Kier molecular flexibility index (Phi) is 5.51. The standard InChI is InChI=1S/C13H20N2S/c1-5-7-11(6-2)14-8-12-9-16-13(15-12)10(3)4/h1,9-11,14H,6-8H2,2-4H3. The highest BCUT2D eigenvalue weighted by Gasteiger charge is 2.08. The van der Waals surface area contributed by atoms with Crippen LogP contribution in [0.3, 0.4) is 0 Å². The Balaban J connectivity index is 2.44. The molecule has 1 unspecified atom stereocenters. The number of hydrogen-bond acceptors (Lipinski definition) is 3. The monoisotopic (exact) mass is 236 g/mol. The minimum absolute atomic E-state index is 0.411. The van der Waals surface area contributed by atoms with E-state index in [4.69, 9.17) is 6.42 Å². The van der Waals surface area contributed by atoms with Crippen LogP contribution in [0.1, 0.15) is 50.2 Å². The summed E-state index contributed by atoms with van der Waals surface area (Å²) in [5.74, 6) is 3.22. The Morgan fingerprint density at radius 3 is 2.81 bits per heavy atom. The van der Waals surface area contributed by atoms with E-state index in [0.717, 1.165) is 25.1 Å². The molecule has 0 radical (unpaired) electrons. The number of hydrogen-bond donors (Lipinski definition) is 1. The molecule has 1 rings (SSSR count). The highest BCUT2D eigenvalue weighted by atomic mass is 32.1. The van der Waals surface area contributed by atoms with Crippen LogP contribution in [0.4, 0.5) is 0 Å². The molecule has 1 atom stereocenters. The van der Waals surface area contributed by atoms with Gasteiger partial charge in [0.1, 0.15) is 0 Å². The lowest BCUT2D eigenvalue weighted by Gasteiger charge is -2.12. The van der Waals surface area contributed by atoms with Crippen molar-refractivity contribution >= 4 is 11.3 Å². The highest BCUT2D eigenvalue weighted by Crippen LogP contribution is 2.19. The highest BCUT2D eigenvalue weighted by molar-refractivity contribution is 7.09. The van der Waals surface area contributed by atoms with E-state index in [1.54, 1.807) is 11.3 Å². The van der Waals surface area contributed by atoms with Crippen LogP contribution in [0.5, 0.6) is 0 Å². The summed E-state index contributed by atoms with van der Waals surface area (Å²) in [5, 5.41) is 6.78. The molecule has 0 amide bonds. The van der Waals surface area contributed by atoms with Crippen LogP contribution in [0, 0.1) is 12.3 Å². The van der Waals surface area contributed by atoms with Gasteiger partial charge in [0.15, 0.2) is 0 Å². The number of nitrogens with zero attached hydrogens (tertiary/aromatic N) is 1. The molecule has 16 heavy (non-hydrogen) atoms. The number of terminal acetylenes is 1. The largest absolute Gasteiger partial charge is 0.307 e. The summed E-state index contributed by atoms with van der Waals surface area (Å²) >= 11 is 1.74. The maximum Gasteiger partial charge on any atom is 0.0954 e. The summed E-state index contributed by atoms with van der Waals surface area (Å²) in [5.41, 5.74) is 1.13. The first-order chi connectivity index (χ1) is 7.67. The third kappa shape index (κ3) is 3.96. The first-order valence-corrected chi connectivity index (χ1v) is 6.66. The molecule has 1 aromatic rings. The molecule has 0 aliphatic carbocycles. The van der Waals surface area contributed by atoms with Crippen molar-refractivity contribution in [2.45, 2.75) is 52.1 Å². The number of thiazole rings is 1. The molecule has 0 aliphatic heterocycles. The predicted octanol–water partition coefficient (Wildman–Crippen LogP) is 3.16.